The lowest BCUT2D eigenvalue weighted by atomic mass is 10.2. The average molecular weight is 250 g/mol. The van der Waals surface area contributed by atoms with Gasteiger partial charge in [0.15, 0.2) is 17.4 Å². The van der Waals surface area contributed by atoms with Crippen LogP contribution in [-0.2, 0) is 13.1 Å². The van der Waals surface area contributed by atoms with Crippen molar-refractivity contribution in [1.82, 2.24) is 10.3 Å². The normalized spacial score (nSPS) is 10.6. The van der Waals surface area contributed by atoms with E-state index in [2.05, 4.69) is 10.3 Å². The van der Waals surface area contributed by atoms with Gasteiger partial charge >= 0.3 is 0 Å². The second-order valence-electron chi connectivity index (χ2n) is 3.83. The van der Waals surface area contributed by atoms with Gasteiger partial charge in [0.05, 0.1) is 5.69 Å². The van der Waals surface area contributed by atoms with Gasteiger partial charge in [-0.2, -0.15) is 0 Å². The predicted octanol–water partition coefficient (Wildman–Crippen LogP) is 2.36. The van der Waals surface area contributed by atoms with Crippen LogP contribution in [0.15, 0.2) is 36.5 Å². The quantitative estimate of drug-likeness (QED) is 0.875. The van der Waals surface area contributed by atoms with E-state index in [1.807, 2.05) is 18.2 Å². The third-order valence-electron chi connectivity index (χ3n) is 2.44. The second kappa shape index (κ2) is 5.55. The fourth-order valence-corrected chi connectivity index (χ4v) is 1.56. The molecule has 1 aromatic carbocycles. The summed E-state index contributed by atoms with van der Waals surface area (Å²) in [6.07, 6.45) is 1.68. The van der Waals surface area contributed by atoms with Gasteiger partial charge in [-0.3, -0.25) is 4.98 Å². The maximum Gasteiger partial charge on any atom is 0.187 e. The van der Waals surface area contributed by atoms with Gasteiger partial charge in [-0.15, -0.1) is 0 Å². The zero-order chi connectivity index (χ0) is 13.0. The smallest absolute Gasteiger partial charge is 0.187 e. The third kappa shape index (κ3) is 3.01. The lowest BCUT2D eigenvalue weighted by Crippen LogP contribution is -2.13. The SMILES string of the molecule is Oc1c(F)cc(CNCc2ccccn2)cc1F. The van der Waals surface area contributed by atoms with Gasteiger partial charge in [0.1, 0.15) is 0 Å². The van der Waals surface area contributed by atoms with Gasteiger partial charge in [-0.05, 0) is 29.8 Å². The number of nitrogens with one attached hydrogen (secondary N) is 1. The minimum absolute atomic E-state index is 0.296. The standard InChI is InChI=1S/C13H12F2N2O/c14-11-5-9(6-12(15)13(11)18)7-16-8-10-3-1-2-4-17-10/h1-6,16,18H,7-8H2. The van der Waals surface area contributed by atoms with Gasteiger partial charge in [-0.1, -0.05) is 6.07 Å². The van der Waals surface area contributed by atoms with E-state index in [0.29, 0.717) is 18.7 Å². The number of aromatic hydroxyl groups is 1. The second-order valence-corrected chi connectivity index (χ2v) is 3.83. The lowest BCUT2D eigenvalue weighted by Gasteiger charge is -2.06. The molecule has 0 fully saturated rings. The molecule has 0 unspecified atom stereocenters. The van der Waals surface area contributed by atoms with Crippen LogP contribution in [0.4, 0.5) is 8.78 Å². The number of pyridine rings is 1. The van der Waals surface area contributed by atoms with E-state index in [1.165, 1.54) is 0 Å². The summed E-state index contributed by atoms with van der Waals surface area (Å²) in [5, 5.41) is 12.0. The molecule has 3 nitrogen and oxygen atoms in total. The molecule has 0 aliphatic rings. The molecular formula is C13H12F2N2O. The molecule has 0 bridgehead atoms. The Balaban J connectivity index is 1.95. The van der Waals surface area contributed by atoms with Gasteiger partial charge in [0, 0.05) is 19.3 Å². The predicted molar refractivity (Wildman–Crippen MR) is 62.8 cm³/mol. The van der Waals surface area contributed by atoms with Crippen LogP contribution in [0.2, 0.25) is 0 Å². The molecule has 2 N–H and O–H groups in total. The van der Waals surface area contributed by atoms with Crippen LogP contribution in [0.5, 0.6) is 5.75 Å². The van der Waals surface area contributed by atoms with E-state index < -0.39 is 17.4 Å². The summed E-state index contributed by atoms with van der Waals surface area (Å²) >= 11 is 0. The first-order valence-corrected chi connectivity index (χ1v) is 5.44. The third-order valence-corrected chi connectivity index (χ3v) is 2.44. The first-order valence-electron chi connectivity index (χ1n) is 5.44. The minimum atomic E-state index is -0.954. The molecule has 0 radical (unpaired) electrons. The molecule has 2 rings (SSSR count). The molecule has 1 aromatic heterocycles. The van der Waals surface area contributed by atoms with Gasteiger partial charge in [-0.25, -0.2) is 8.78 Å². The molecule has 0 aliphatic carbocycles. The molecule has 0 saturated heterocycles. The van der Waals surface area contributed by atoms with E-state index in [-0.39, 0.29) is 0 Å². The summed E-state index contributed by atoms with van der Waals surface area (Å²) in [6, 6.07) is 7.73. The topological polar surface area (TPSA) is 45.1 Å². The number of nitrogens with zero attached hydrogens (tertiary/aromatic N) is 1. The van der Waals surface area contributed by atoms with E-state index >= 15 is 0 Å². The summed E-state index contributed by atoms with van der Waals surface area (Å²) in [6.45, 7) is 0.801. The van der Waals surface area contributed by atoms with Gasteiger partial charge in [0.2, 0.25) is 0 Å². The van der Waals surface area contributed by atoms with Crippen LogP contribution in [-0.4, -0.2) is 10.1 Å². The van der Waals surface area contributed by atoms with E-state index in [1.54, 1.807) is 6.20 Å². The Hall–Kier alpha value is -2.01. The Labute approximate surface area is 103 Å². The maximum absolute atomic E-state index is 13.1. The molecule has 0 amide bonds. The van der Waals surface area contributed by atoms with Crippen LogP contribution in [0, 0.1) is 11.6 Å². The number of rotatable bonds is 4. The van der Waals surface area contributed by atoms with Crippen molar-refractivity contribution in [3.63, 3.8) is 0 Å². The number of aromatic nitrogens is 1. The lowest BCUT2D eigenvalue weighted by molar-refractivity contribution is 0.395. The Bertz CT molecular complexity index is 509. The van der Waals surface area contributed by atoms with Crippen LogP contribution in [0.25, 0.3) is 0 Å². The van der Waals surface area contributed by atoms with E-state index in [0.717, 1.165) is 17.8 Å². The van der Waals surface area contributed by atoms with Crippen molar-refractivity contribution < 1.29 is 13.9 Å². The molecule has 0 spiro atoms. The Morgan fingerprint density at radius 3 is 2.44 bits per heavy atom. The van der Waals surface area contributed by atoms with Gasteiger partial charge < -0.3 is 10.4 Å². The number of hydrogen-bond acceptors (Lipinski definition) is 3. The van der Waals surface area contributed by atoms with Crippen molar-refractivity contribution in [1.29, 1.82) is 0 Å². The van der Waals surface area contributed by atoms with Crippen LogP contribution >= 0.6 is 0 Å². The van der Waals surface area contributed by atoms with Crippen molar-refractivity contribution in [2.75, 3.05) is 0 Å². The van der Waals surface area contributed by atoms with Crippen LogP contribution in [0.3, 0.4) is 0 Å². The molecule has 0 aliphatic heterocycles. The van der Waals surface area contributed by atoms with Crippen molar-refractivity contribution in [2.45, 2.75) is 13.1 Å². The van der Waals surface area contributed by atoms with E-state index in [4.69, 9.17) is 5.11 Å². The highest BCUT2D eigenvalue weighted by atomic mass is 19.1. The van der Waals surface area contributed by atoms with Crippen LogP contribution < -0.4 is 5.32 Å². The fourth-order valence-electron chi connectivity index (χ4n) is 1.56. The maximum atomic E-state index is 13.1. The Kier molecular flexibility index (Phi) is 3.84. The van der Waals surface area contributed by atoms with Crippen molar-refractivity contribution in [3.8, 4) is 5.75 Å². The highest BCUT2D eigenvalue weighted by Gasteiger charge is 2.09. The highest BCUT2D eigenvalue weighted by molar-refractivity contribution is 5.29. The van der Waals surface area contributed by atoms with Crippen molar-refractivity contribution in [3.05, 3.63) is 59.4 Å². The number of hydrogen-bond donors (Lipinski definition) is 2. The minimum Gasteiger partial charge on any atom is -0.503 e. The first kappa shape index (κ1) is 12.4. The summed E-state index contributed by atoms with van der Waals surface area (Å²) in [5.74, 6) is -2.85. The molecule has 0 atom stereocenters. The highest BCUT2D eigenvalue weighted by Crippen LogP contribution is 2.21. The Morgan fingerprint density at radius 1 is 1.11 bits per heavy atom. The molecule has 18 heavy (non-hydrogen) atoms. The van der Waals surface area contributed by atoms with Crippen molar-refractivity contribution >= 4 is 0 Å². The molecular weight excluding hydrogens is 238 g/mol. The van der Waals surface area contributed by atoms with E-state index in [9.17, 15) is 8.78 Å². The average Bonchev–Trinajstić information content (AvgIpc) is 2.37. The zero-order valence-electron chi connectivity index (χ0n) is 9.53. The number of halogens is 2. The summed E-state index contributed by atoms with van der Waals surface area (Å²) < 4.78 is 26.1. The number of benzene rings is 1. The number of phenols is 1. The summed E-state index contributed by atoms with van der Waals surface area (Å²) in [5.41, 5.74) is 1.27. The summed E-state index contributed by atoms with van der Waals surface area (Å²) in [7, 11) is 0. The van der Waals surface area contributed by atoms with Gasteiger partial charge in [0.25, 0.3) is 0 Å². The largest absolute Gasteiger partial charge is 0.503 e. The summed E-state index contributed by atoms with van der Waals surface area (Å²) in [4.78, 5) is 4.11. The fraction of sp³-hybridized carbons (Fsp3) is 0.154. The molecule has 1 heterocycles. The zero-order valence-corrected chi connectivity index (χ0v) is 9.53. The molecule has 5 heteroatoms. The first-order chi connectivity index (χ1) is 8.66. The molecule has 94 valence electrons. The molecule has 0 saturated carbocycles. The van der Waals surface area contributed by atoms with Crippen LogP contribution in [0.1, 0.15) is 11.3 Å². The molecule has 2 aromatic rings. The number of phenolic OH excluding ortho intramolecular Hbond substituents is 1. The Morgan fingerprint density at radius 2 is 1.83 bits per heavy atom. The monoisotopic (exact) mass is 250 g/mol. The van der Waals surface area contributed by atoms with Crippen molar-refractivity contribution in [2.24, 2.45) is 0 Å².